The largest absolute Gasteiger partial charge is 0.460 e. The number of amides is 5. The topological polar surface area (TPSA) is 154 Å². The second-order valence-corrected chi connectivity index (χ2v) is 13.8. The number of hydrogen-bond donors (Lipinski definition) is 3. The van der Waals surface area contributed by atoms with E-state index in [1.165, 1.54) is 0 Å². The van der Waals surface area contributed by atoms with E-state index in [0.717, 1.165) is 67.8 Å². The molecule has 3 N–H and O–H groups in total. The van der Waals surface area contributed by atoms with Crippen molar-refractivity contribution in [3.05, 3.63) is 59.2 Å². The molecule has 0 radical (unpaired) electrons. The zero-order chi connectivity index (χ0) is 35.6. The number of hydrogen-bond acceptors (Lipinski definition) is 9. The van der Waals surface area contributed by atoms with Gasteiger partial charge in [0.1, 0.15) is 11.6 Å². The highest BCUT2D eigenvalue weighted by molar-refractivity contribution is 6.25. The van der Waals surface area contributed by atoms with Crippen molar-refractivity contribution in [3.8, 4) is 0 Å². The van der Waals surface area contributed by atoms with Crippen molar-refractivity contribution >= 4 is 46.9 Å². The molecule has 1 atom stereocenters. The number of carbonyl (C=O) groups excluding carboxylic acids is 6. The Morgan fingerprint density at radius 1 is 0.918 bits per heavy atom. The van der Waals surface area contributed by atoms with Gasteiger partial charge in [-0.25, -0.2) is 0 Å². The molecule has 2 aliphatic heterocycles. The summed E-state index contributed by atoms with van der Waals surface area (Å²) < 4.78 is 5.32. The predicted octanol–water partition coefficient (Wildman–Crippen LogP) is 5.03. The molecule has 2 heterocycles. The number of nitrogens with one attached hydrogen (secondary N) is 3. The minimum absolute atomic E-state index is 0.0197. The third-order valence-electron chi connectivity index (χ3n) is 8.40. The molecule has 2 aromatic rings. The molecule has 0 saturated carbocycles. The third-order valence-corrected chi connectivity index (χ3v) is 8.40. The lowest BCUT2D eigenvalue weighted by Crippen LogP contribution is -2.54. The van der Waals surface area contributed by atoms with Gasteiger partial charge in [-0.05, 0) is 96.3 Å². The number of piperidine rings is 1. The van der Waals surface area contributed by atoms with Gasteiger partial charge in [-0.3, -0.25) is 39.0 Å². The first-order valence-electron chi connectivity index (χ1n) is 17.2. The van der Waals surface area contributed by atoms with Gasteiger partial charge in [0, 0.05) is 43.7 Å². The number of ether oxygens (including phenoxy) is 1. The van der Waals surface area contributed by atoms with E-state index < -0.39 is 35.3 Å². The Labute approximate surface area is 288 Å². The lowest BCUT2D eigenvalue weighted by Gasteiger charge is -2.27. The van der Waals surface area contributed by atoms with Crippen LogP contribution in [0.15, 0.2) is 42.5 Å². The van der Waals surface area contributed by atoms with Crippen LogP contribution >= 0.6 is 0 Å². The maximum absolute atomic E-state index is 13.3. The lowest BCUT2D eigenvalue weighted by atomic mass is 10.0. The van der Waals surface area contributed by atoms with Gasteiger partial charge in [-0.2, -0.15) is 0 Å². The van der Waals surface area contributed by atoms with E-state index in [4.69, 9.17) is 4.74 Å². The highest BCUT2D eigenvalue weighted by Crippen LogP contribution is 2.32. The number of fused-ring (bicyclic) bond motifs is 1. The molecule has 1 fully saturated rings. The summed E-state index contributed by atoms with van der Waals surface area (Å²) in [5, 5.41) is 8.47. The van der Waals surface area contributed by atoms with E-state index >= 15 is 0 Å². The second-order valence-electron chi connectivity index (χ2n) is 13.8. The summed E-state index contributed by atoms with van der Waals surface area (Å²) in [7, 11) is 2.05. The van der Waals surface area contributed by atoms with Crippen LogP contribution in [0.3, 0.4) is 0 Å². The summed E-state index contributed by atoms with van der Waals surface area (Å²) in [6.07, 6.45) is 6.09. The minimum Gasteiger partial charge on any atom is -0.460 e. The summed E-state index contributed by atoms with van der Waals surface area (Å²) in [6, 6.07) is 11.9. The molecule has 264 valence electrons. The van der Waals surface area contributed by atoms with E-state index in [1.807, 2.05) is 45.0 Å². The van der Waals surface area contributed by atoms with Crippen LogP contribution in [0.1, 0.15) is 111 Å². The summed E-state index contributed by atoms with van der Waals surface area (Å²) in [5.74, 6) is -2.27. The van der Waals surface area contributed by atoms with E-state index in [0.29, 0.717) is 25.1 Å². The molecule has 0 aliphatic carbocycles. The average molecular weight is 676 g/mol. The molecule has 0 spiro atoms. The van der Waals surface area contributed by atoms with Crippen LogP contribution in [0.25, 0.3) is 0 Å². The number of nitrogens with zero attached hydrogens (tertiary/aromatic N) is 2. The number of unbranched alkanes of at least 4 members (excludes halogenated alkanes) is 4. The van der Waals surface area contributed by atoms with Crippen LogP contribution in [-0.4, -0.2) is 77.1 Å². The Morgan fingerprint density at radius 3 is 2.33 bits per heavy atom. The van der Waals surface area contributed by atoms with Gasteiger partial charge in [-0.15, -0.1) is 0 Å². The summed E-state index contributed by atoms with van der Waals surface area (Å²) in [6.45, 7) is 7.79. The fraction of sp³-hybridized carbons (Fsp3) is 0.514. The molecule has 1 saturated heterocycles. The molecule has 49 heavy (non-hydrogen) atoms. The van der Waals surface area contributed by atoms with E-state index in [2.05, 4.69) is 27.9 Å². The minimum atomic E-state index is -0.992. The summed E-state index contributed by atoms with van der Waals surface area (Å²) >= 11 is 0. The van der Waals surface area contributed by atoms with Crippen LogP contribution < -0.4 is 16.0 Å². The molecular formula is C37H49N5O7. The van der Waals surface area contributed by atoms with Gasteiger partial charge in [0.15, 0.2) is 0 Å². The van der Waals surface area contributed by atoms with Crippen molar-refractivity contribution in [1.82, 2.24) is 15.1 Å². The second kappa shape index (κ2) is 17.2. The molecule has 12 heteroatoms. The van der Waals surface area contributed by atoms with Crippen molar-refractivity contribution < 1.29 is 33.5 Å². The maximum atomic E-state index is 13.3. The Balaban J connectivity index is 1.11. The molecule has 0 aromatic heterocycles. The van der Waals surface area contributed by atoms with Crippen molar-refractivity contribution in [2.75, 3.05) is 30.8 Å². The first-order chi connectivity index (χ1) is 23.3. The number of anilines is 2. The van der Waals surface area contributed by atoms with Crippen molar-refractivity contribution in [3.63, 3.8) is 0 Å². The van der Waals surface area contributed by atoms with E-state index in [1.54, 1.807) is 18.2 Å². The van der Waals surface area contributed by atoms with Gasteiger partial charge in [0.25, 0.3) is 11.8 Å². The Morgan fingerprint density at radius 2 is 1.63 bits per heavy atom. The molecule has 2 aromatic carbocycles. The summed E-state index contributed by atoms with van der Waals surface area (Å²) in [5.41, 5.74) is 2.52. The van der Waals surface area contributed by atoms with Crippen molar-refractivity contribution in [1.29, 1.82) is 0 Å². The molecule has 4 rings (SSSR count). The molecule has 1 unspecified atom stereocenters. The van der Waals surface area contributed by atoms with Crippen molar-refractivity contribution in [2.45, 2.75) is 103 Å². The summed E-state index contributed by atoms with van der Waals surface area (Å²) in [4.78, 5) is 77.5. The van der Waals surface area contributed by atoms with Gasteiger partial charge in [0.05, 0.1) is 11.1 Å². The smallest absolute Gasteiger partial charge is 0.306 e. The Hall–Kier alpha value is -4.58. The zero-order valence-corrected chi connectivity index (χ0v) is 29.1. The highest BCUT2D eigenvalue weighted by atomic mass is 16.6. The SMILES string of the molecule is CN(CCCCNc1cccc2c1C(=O)N(C1CCC(=O)NC1=O)C2=O)Cc1ccc(NC(=O)CCCCCCC(=O)OC(C)(C)C)cc1. The Kier molecular flexibility index (Phi) is 13.1. The fourth-order valence-electron chi connectivity index (χ4n) is 6.00. The van der Waals surface area contributed by atoms with Crippen LogP contribution in [-0.2, 0) is 30.5 Å². The predicted molar refractivity (Wildman–Crippen MR) is 186 cm³/mol. The van der Waals surface area contributed by atoms with Gasteiger partial charge in [0.2, 0.25) is 17.7 Å². The average Bonchev–Trinajstić information content (AvgIpc) is 3.28. The fourth-order valence-corrected chi connectivity index (χ4v) is 6.00. The molecular weight excluding hydrogens is 626 g/mol. The van der Waals surface area contributed by atoms with Crippen LogP contribution in [0, 0.1) is 0 Å². The number of imide groups is 2. The van der Waals surface area contributed by atoms with E-state index in [-0.39, 0.29) is 35.8 Å². The first kappa shape index (κ1) is 37.2. The quantitative estimate of drug-likeness (QED) is 0.119. The van der Waals surface area contributed by atoms with Crippen molar-refractivity contribution in [2.24, 2.45) is 0 Å². The number of esters is 1. The zero-order valence-electron chi connectivity index (χ0n) is 29.1. The molecule has 12 nitrogen and oxygen atoms in total. The monoisotopic (exact) mass is 675 g/mol. The lowest BCUT2D eigenvalue weighted by molar-refractivity contribution is -0.155. The first-order valence-corrected chi connectivity index (χ1v) is 17.2. The number of carbonyl (C=O) groups is 6. The maximum Gasteiger partial charge on any atom is 0.306 e. The highest BCUT2D eigenvalue weighted by Gasteiger charge is 2.45. The van der Waals surface area contributed by atoms with Crippen LogP contribution in [0.4, 0.5) is 11.4 Å². The standard InChI is InChI=1S/C37H49N5O7/c1-37(2,3)49-32(45)15-8-6-5-7-14-30(43)39-26-18-16-25(17-19-26)24-41(4)23-10-9-22-38-28-13-11-12-27-33(28)36(48)42(35(27)47)29-20-21-31(44)40-34(29)46/h11-13,16-19,29,38H,5-10,14-15,20-24H2,1-4H3,(H,39,43)(H,40,44,46). The molecule has 2 aliphatic rings. The Bertz CT molecular complexity index is 1530. The van der Waals surface area contributed by atoms with Crippen LogP contribution in [0.5, 0.6) is 0 Å². The van der Waals surface area contributed by atoms with Gasteiger partial charge >= 0.3 is 5.97 Å². The van der Waals surface area contributed by atoms with Gasteiger partial charge in [-0.1, -0.05) is 31.0 Å². The third kappa shape index (κ3) is 11.0. The number of benzene rings is 2. The normalized spacial score (nSPS) is 16.1. The van der Waals surface area contributed by atoms with Crippen LogP contribution in [0.2, 0.25) is 0 Å². The van der Waals surface area contributed by atoms with E-state index in [9.17, 15) is 28.8 Å². The molecule has 0 bridgehead atoms. The van der Waals surface area contributed by atoms with Gasteiger partial charge < -0.3 is 20.3 Å². The molecule has 5 amide bonds. The number of rotatable bonds is 17.